The minimum Gasteiger partial charge on any atom is -0.494 e. The quantitative estimate of drug-likeness (QED) is 0.699. The molecule has 0 aliphatic carbocycles. The molecule has 2 N–H and O–H groups in total. The molecule has 1 aromatic carbocycles. The van der Waals surface area contributed by atoms with E-state index in [1.165, 1.54) is 18.2 Å². The first-order chi connectivity index (χ1) is 13.0. The molecule has 1 atom stereocenters. The minimum atomic E-state index is -0.197. The normalized spacial score (nSPS) is 16.7. The smallest absolute Gasteiger partial charge is 0.270 e. The van der Waals surface area contributed by atoms with Gasteiger partial charge in [0.1, 0.15) is 11.6 Å². The van der Waals surface area contributed by atoms with Crippen LogP contribution in [0.5, 0.6) is 5.75 Å². The monoisotopic (exact) mass is 389 g/mol. The van der Waals surface area contributed by atoms with Crippen LogP contribution in [-0.2, 0) is 4.79 Å². The second kappa shape index (κ2) is 8.69. The molecule has 0 bridgehead atoms. The van der Waals surface area contributed by atoms with Crippen LogP contribution in [-0.4, -0.2) is 28.0 Å². The summed E-state index contributed by atoms with van der Waals surface area (Å²) in [6, 6.07) is 7.89. The molecule has 146 valence electrons. The lowest BCUT2D eigenvalue weighted by molar-refractivity contribution is -0.113. The van der Waals surface area contributed by atoms with Gasteiger partial charge in [-0.3, -0.25) is 19.4 Å². The maximum absolute atomic E-state index is 12.6. The summed E-state index contributed by atoms with van der Waals surface area (Å²) in [5.74, 6) is 1.63. The van der Waals surface area contributed by atoms with E-state index in [4.69, 9.17) is 4.74 Å². The predicted molar refractivity (Wildman–Crippen MR) is 110 cm³/mol. The summed E-state index contributed by atoms with van der Waals surface area (Å²) in [5.41, 5.74) is 1.44. The standard InChI is InChI=1S/C20H27N3O3S/c1-4-5-6-11-26-15-9-7-14(8-10-15)18-17-19(21-16(24)12-27-18)23(13(2)3)22-20(17)25/h7-10,13,18H,4-6,11-12H2,1-3H3,(H,21,24)(H,22,25)/t18-/m0/s1. The molecule has 1 aliphatic heterocycles. The number of nitrogens with one attached hydrogen (secondary N) is 2. The number of unbranched alkanes of at least 4 members (excludes halogenated alkanes) is 2. The number of amides is 1. The van der Waals surface area contributed by atoms with Gasteiger partial charge in [-0.05, 0) is 38.0 Å². The average Bonchev–Trinajstić information content (AvgIpc) is 2.86. The molecule has 1 aliphatic rings. The summed E-state index contributed by atoms with van der Waals surface area (Å²) in [5, 5.41) is 5.56. The third kappa shape index (κ3) is 4.40. The van der Waals surface area contributed by atoms with Crippen LogP contribution in [0.4, 0.5) is 5.82 Å². The van der Waals surface area contributed by atoms with Crippen molar-refractivity contribution >= 4 is 23.5 Å². The van der Waals surface area contributed by atoms with E-state index < -0.39 is 0 Å². The summed E-state index contributed by atoms with van der Waals surface area (Å²) in [4.78, 5) is 24.8. The fourth-order valence-electron chi connectivity index (χ4n) is 3.18. The Labute approximate surface area is 163 Å². The van der Waals surface area contributed by atoms with Crippen molar-refractivity contribution < 1.29 is 9.53 Å². The first-order valence-corrected chi connectivity index (χ1v) is 10.5. The first kappa shape index (κ1) is 19.6. The Balaban J connectivity index is 1.87. The Kier molecular flexibility index (Phi) is 6.31. The van der Waals surface area contributed by atoms with Crippen molar-refractivity contribution in [1.29, 1.82) is 0 Å². The summed E-state index contributed by atoms with van der Waals surface area (Å²) in [6.45, 7) is 6.83. The number of aromatic nitrogens is 2. The van der Waals surface area contributed by atoms with Crippen molar-refractivity contribution in [2.24, 2.45) is 0 Å². The van der Waals surface area contributed by atoms with Crippen LogP contribution in [0, 0.1) is 0 Å². The number of carbonyl (C=O) groups excluding carboxylic acids is 1. The number of H-pyrrole nitrogens is 1. The molecule has 0 unspecified atom stereocenters. The molecular weight excluding hydrogens is 362 g/mol. The van der Waals surface area contributed by atoms with Crippen molar-refractivity contribution in [1.82, 2.24) is 9.78 Å². The van der Waals surface area contributed by atoms with Gasteiger partial charge in [0, 0.05) is 6.04 Å². The molecule has 7 heteroatoms. The lowest BCUT2D eigenvalue weighted by Crippen LogP contribution is -2.17. The third-order valence-corrected chi connectivity index (χ3v) is 5.85. The highest BCUT2D eigenvalue weighted by Gasteiger charge is 2.30. The van der Waals surface area contributed by atoms with Gasteiger partial charge in [0.25, 0.3) is 5.56 Å². The second-order valence-electron chi connectivity index (χ2n) is 7.03. The second-order valence-corrected chi connectivity index (χ2v) is 8.12. The molecule has 27 heavy (non-hydrogen) atoms. The van der Waals surface area contributed by atoms with E-state index in [0.29, 0.717) is 23.7 Å². The Morgan fingerprint density at radius 3 is 2.63 bits per heavy atom. The summed E-state index contributed by atoms with van der Waals surface area (Å²) < 4.78 is 7.51. The number of ether oxygens (including phenoxy) is 1. The highest BCUT2D eigenvalue weighted by atomic mass is 32.2. The average molecular weight is 390 g/mol. The van der Waals surface area contributed by atoms with Gasteiger partial charge >= 0.3 is 0 Å². The van der Waals surface area contributed by atoms with Crippen LogP contribution in [0.3, 0.4) is 0 Å². The molecule has 3 rings (SSSR count). The van der Waals surface area contributed by atoms with Crippen LogP contribution in [0.15, 0.2) is 29.1 Å². The maximum atomic E-state index is 12.6. The van der Waals surface area contributed by atoms with Gasteiger partial charge in [-0.25, -0.2) is 0 Å². The lowest BCUT2D eigenvalue weighted by Gasteiger charge is -2.15. The van der Waals surface area contributed by atoms with Gasteiger partial charge in [-0.15, -0.1) is 11.8 Å². The van der Waals surface area contributed by atoms with Gasteiger partial charge in [0.2, 0.25) is 5.91 Å². The van der Waals surface area contributed by atoms with E-state index in [1.54, 1.807) is 4.68 Å². The van der Waals surface area contributed by atoms with E-state index in [2.05, 4.69) is 17.3 Å². The number of benzene rings is 1. The van der Waals surface area contributed by atoms with Crippen molar-refractivity contribution in [3.05, 3.63) is 45.7 Å². The largest absolute Gasteiger partial charge is 0.494 e. The van der Waals surface area contributed by atoms with Gasteiger partial charge in [0.15, 0.2) is 0 Å². The van der Waals surface area contributed by atoms with E-state index in [9.17, 15) is 9.59 Å². The number of anilines is 1. The van der Waals surface area contributed by atoms with E-state index >= 15 is 0 Å². The van der Waals surface area contributed by atoms with Crippen molar-refractivity contribution in [3.63, 3.8) is 0 Å². The summed E-state index contributed by atoms with van der Waals surface area (Å²) in [6.07, 6.45) is 3.38. The number of rotatable bonds is 7. The zero-order chi connectivity index (χ0) is 19.4. The SMILES string of the molecule is CCCCCOc1ccc([C@@H]2SCC(=O)Nc3c2c(=O)[nH]n3C(C)C)cc1. The highest BCUT2D eigenvalue weighted by molar-refractivity contribution is 8.00. The van der Waals surface area contributed by atoms with Crippen LogP contribution in [0.1, 0.15) is 62.5 Å². The molecule has 0 saturated heterocycles. The number of aromatic amines is 1. The van der Waals surface area contributed by atoms with Crippen LogP contribution in [0.25, 0.3) is 0 Å². The molecule has 2 heterocycles. The molecule has 0 spiro atoms. The van der Waals surface area contributed by atoms with E-state index in [-0.39, 0.29) is 22.8 Å². The number of carbonyl (C=O) groups is 1. The Hall–Kier alpha value is -2.15. The number of thioether (sulfide) groups is 1. The lowest BCUT2D eigenvalue weighted by atomic mass is 10.1. The molecule has 0 radical (unpaired) electrons. The van der Waals surface area contributed by atoms with E-state index in [0.717, 1.165) is 24.2 Å². The highest BCUT2D eigenvalue weighted by Crippen LogP contribution is 2.40. The zero-order valence-electron chi connectivity index (χ0n) is 16.1. The number of hydrogen-bond acceptors (Lipinski definition) is 4. The molecule has 0 fully saturated rings. The minimum absolute atomic E-state index is 0.0457. The number of hydrogen-bond donors (Lipinski definition) is 2. The summed E-state index contributed by atoms with van der Waals surface area (Å²) in [7, 11) is 0. The van der Waals surface area contributed by atoms with Gasteiger partial charge < -0.3 is 10.1 Å². The van der Waals surface area contributed by atoms with Crippen molar-refractivity contribution in [2.75, 3.05) is 17.7 Å². The van der Waals surface area contributed by atoms with Crippen LogP contribution >= 0.6 is 11.8 Å². The fraction of sp³-hybridized carbons (Fsp3) is 0.500. The molecule has 6 nitrogen and oxygen atoms in total. The Morgan fingerprint density at radius 2 is 1.96 bits per heavy atom. The van der Waals surface area contributed by atoms with Gasteiger partial charge in [-0.2, -0.15) is 0 Å². The zero-order valence-corrected chi connectivity index (χ0v) is 16.9. The third-order valence-electron chi connectivity index (χ3n) is 4.58. The number of fused-ring (bicyclic) bond motifs is 1. The topological polar surface area (TPSA) is 76.1 Å². The maximum Gasteiger partial charge on any atom is 0.270 e. The van der Waals surface area contributed by atoms with Crippen LogP contribution in [0.2, 0.25) is 0 Å². The molecule has 1 aromatic heterocycles. The first-order valence-electron chi connectivity index (χ1n) is 9.49. The number of nitrogens with zero attached hydrogens (tertiary/aromatic N) is 1. The van der Waals surface area contributed by atoms with Crippen molar-refractivity contribution in [3.8, 4) is 5.75 Å². The molecule has 1 amide bonds. The fourth-order valence-corrected chi connectivity index (χ4v) is 4.30. The van der Waals surface area contributed by atoms with Gasteiger partial charge in [-0.1, -0.05) is 31.9 Å². The Morgan fingerprint density at radius 1 is 1.22 bits per heavy atom. The molecule has 0 saturated carbocycles. The van der Waals surface area contributed by atoms with Gasteiger partial charge in [0.05, 0.1) is 23.2 Å². The van der Waals surface area contributed by atoms with E-state index in [1.807, 2.05) is 38.1 Å². The van der Waals surface area contributed by atoms with Crippen LogP contribution < -0.4 is 15.6 Å². The molecular formula is C20H27N3O3S. The predicted octanol–water partition coefficient (Wildman–Crippen LogP) is 4.10. The summed E-state index contributed by atoms with van der Waals surface area (Å²) >= 11 is 1.47. The van der Waals surface area contributed by atoms with Crippen molar-refractivity contribution in [2.45, 2.75) is 51.3 Å². The Bertz CT molecular complexity index is 839. The molecule has 2 aromatic rings.